The van der Waals surface area contributed by atoms with Crippen LogP contribution >= 0.6 is 0 Å². The van der Waals surface area contributed by atoms with E-state index in [2.05, 4.69) is 15.1 Å². The van der Waals surface area contributed by atoms with Crippen LogP contribution in [0.3, 0.4) is 0 Å². The molecule has 0 saturated heterocycles. The van der Waals surface area contributed by atoms with E-state index < -0.39 is 0 Å². The molecule has 1 aliphatic rings. The Balaban J connectivity index is 1.73. The smallest absolute Gasteiger partial charge is 0.354 e. The Morgan fingerprint density at radius 1 is 1.23 bits per heavy atom. The summed E-state index contributed by atoms with van der Waals surface area (Å²) < 4.78 is 16.9. The lowest BCUT2D eigenvalue weighted by molar-refractivity contribution is 0.153. The van der Waals surface area contributed by atoms with Crippen molar-refractivity contribution in [3.63, 3.8) is 0 Å². The zero-order valence-corrected chi connectivity index (χ0v) is 18.2. The van der Waals surface area contributed by atoms with E-state index in [1.807, 2.05) is 32.9 Å². The van der Waals surface area contributed by atoms with Crippen LogP contribution in [0, 0.1) is 6.92 Å². The van der Waals surface area contributed by atoms with Crippen LogP contribution in [0.15, 0.2) is 22.4 Å². The van der Waals surface area contributed by atoms with Gasteiger partial charge < -0.3 is 24.7 Å². The van der Waals surface area contributed by atoms with Crippen molar-refractivity contribution >= 4 is 5.70 Å². The summed E-state index contributed by atoms with van der Waals surface area (Å²) >= 11 is 0. The number of ether oxygens (including phenoxy) is 2. The molecule has 2 aromatic rings. The van der Waals surface area contributed by atoms with Crippen LogP contribution in [0.25, 0.3) is 5.70 Å². The third-order valence-corrected chi connectivity index (χ3v) is 5.15. The third kappa shape index (κ3) is 5.41. The molecule has 0 aliphatic heterocycles. The molecule has 164 valence electrons. The number of aryl methyl sites for hydroxylation is 1. The van der Waals surface area contributed by atoms with Crippen LogP contribution < -0.4 is 21.1 Å². The molecule has 3 rings (SSSR count). The molecule has 1 aliphatic carbocycles. The maximum Gasteiger partial charge on any atom is 0.354 e. The number of nitrogens with zero attached hydrogens (tertiary/aromatic N) is 4. The maximum absolute atomic E-state index is 6.37. The Kier molecular flexibility index (Phi) is 7.15. The van der Waals surface area contributed by atoms with Gasteiger partial charge in [0.05, 0.1) is 28.9 Å². The molecule has 0 unspecified atom stereocenters. The molecule has 0 atom stereocenters. The average Bonchev–Trinajstić information content (AvgIpc) is 3.19. The highest BCUT2D eigenvalue weighted by Crippen LogP contribution is 2.26. The maximum atomic E-state index is 6.37. The minimum atomic E-state index is 0.0803. The molecule has 30 heavy (non-hydrogen) atoms. The van der Waals surface area contributed by atoms with Crippen LogP contribution in [-0.2, 0) is 0 Å². The van der Waals surface area contributed by atoms with E-state index in [0.29, 0.717) is 23.0 Å². The summed E-state index contributed by atoms with van der Waals surface area (Å²) in [5.41, 5.74) is 8.74. The standard InChI is InChI=1S/C21H32N6O3/c1-13(2)20-25-21(26-30-20)28-12-17(27(4)23)19(22)16-10-11-18(14(3)24-16)29-15-8-6-5-7-9-15/h10-11,13,15H,5-9,12,22-23H2,1-4H3/b19-17-. The third-order valence-electron chi connectivity index (χ3n) is 5.15. The van der Waals surface area contributed by atoms with E-state index in [1.165, 1.54) is 24.3 Å². The van der Waals surface area contributed by atoms with Crippen molar-refractivity contribution < 1.29 is 14.0 Å². The van der Waals surface area contributed by atoms with E-state index in [-0.39, 0.29) is 24.6 Å². The summed E-state index contributed by atoms with van der Waals surface area (Å²) in [6.07, 6.45) is 6.18. The lowest BCUT2D eigenvalue weighted by Crippen LogP contribution is -2.31. The van der Waals surface area contributed by atoms with Gasteiger partial charge in [-0.15, -0.1) is 0 Å². The monoisotopic (exact) mass is 416 g/mol. The Bertz CT molecular complexity index is 871. The lowest BCUT2D eigenvalue weighted by atomic mass is 9.98. The summed E-state index contributed by atoms with van der Waals surface area (Å²) in [7, 11) is 1.69. The van der Waals surface area contributed by atoms with Gasteiger partial charge in [-0.05, 0) is 49.9 Å². The van der Waals surface area contributed by atoms with E-state index in [0.717, 1.165) is 24.3 Å². The molecule has 0 spiro atoms. The van der Waals surface area contributed by atoms with Crippen molar-refractivity contribution in [1.82, 2.24) is 20.1 Å². The van der Waals surface area contributed by atoms with Gasteiger partial charge in [0.15, 0.2) is 0 Å². The second-order valence-corrected chi connectivity index (χ2v) is 7.99. The van der Waals surface area contributed by atoms with Gasteiger partial charge in [0.1, 0.15) is 12.4 Å². The fourth-order valence-corrected chi connectivity index (χ4v) is 3.35. The largest absolute Gasteiger partial charge is 0.489 e. The molecule has 1 fully saturated rings. The summed E-state index contributed by atoms with van der Waals surface area (Å²) in [4.78, 5) is 8.83. The van der Waals surface area contributed by atoms with Gasteiger partial charge in [-0.25, -0.2) is 10.8 Å². The van der Waals surface area contributed by atoms with Crippen molar-refractivity contribution in [3.05, 3.63) is 35.1 Å². The molecule has 4 N–H and O–H groups in total. The minimum Gasteiger partial charge on any atom is -0.489 e. The molecule has 0 bridgehead atoms. The Hall–Kier alpha value is -2.81. The first-order chi connectivity index (χ1) is 14.3. The second-order valence-electron chi connectivity index (χ2n) is 7.99. The molecule has 9 heteroatoms. The molecule has 0 amide bonds. The fourth-order valence-electron chi connectivity index (χ4n) is 3.35. The summed E-state index contributed by atoms with van der Waals surface area (Å²) in [6.45, 7) is 5.93. The summed E-state index contributed by atoms with van der Waals surface area (Å²) in [5, 5.41) is 5.22. The quantitative estimate of drug-likeness (QED) is 0.493. The number of nitrogens with two attached hydrogens (primary N) is 2. The second kappa shape index (κ2) is 9.80. The van der Waals surface area contributed by atoms with Gasteiger partial charge >= 0.3 is 6.01 Å². The molecule has 0 aromatic carbocycles. The highest BCUT2D eigenvalue weighted by molar-refractivity contribution is 5.63. The molecule has 9 nitrogen and oxygen atoms in total. The number of hydrogen-bond acceptors (Lipinski definition) is 9. The molecular weight excluding hydrogens is 384 g/mol. The molecule has 1 saturated carbocycles. The van der Waals surface area contributed by atoms with Crippen LogP contribution in [0.1, 0.15) is 69.1 Å². The molecule has 0 radical (unpaired) electrons. The first-order valence-electron chi connectivity index (χ1n) is 10.4. The Morgan fingerprint density at radius 2 is 1.97 bits per heavy atom. The summed E-state index contributed by atoms with van der Waals surface area (Å²) in [5.74, 6) is 7.41. The Labute approximate surface area is 177 Å². The van der Waals surface area contributed by atoms with Crippen LogP contribution in [0.4, 0.5) is 0 Å². The van der Waals surface area contributed by atoms with Crippen molar-refractivity contribution in [3.8, 4) is 11.8 Å². The average molecular weight is 417 g/mol. The van der Waals surface area contributed by atoms with Crippen molar-refractivity contribution in [2.45, 2.75) is 64.9 Å². The first-order valence-corrected chi connectivity index (χ1v) is 10.4. The van der Waals surface area contributed by atoms with Crippen molar-refractivity contribution in [2.24, 2.45) is 11.6 Å². The SMILES string of the molecule is Cc1nc(/C(N)=C(\COc2noc(C(C)C)n2)N(C)N)ccc1OC1CCCCC1. The van der Waals surface area contributed by atoms with E-state index in [9.17, 15) is 0 Å². The number of rotatable bonds is 8. The normalized spacial score (nSPS) is 15.8. The zero-order chi connectivity index (χ0) is 21.7. The molecule has 2 aromatic heterocycles. The van der Waals surface area contributed by atoms with E-state index in [1.54, 1.807) is 7.05 Å². The number of pyridine rings is 1. The first kappa shape index (κ1) is 21.9. The minimum absolute atomic E-state index is 0.0803. The van der Waals surface area contributed by atoms with Gasteiger partial charge in [0.25, 0.3) is 0 Å². The predicted molar refractivity (Wildman–Crippen MR) is 113 cm³/mol. The fraction of sp³-hybridized carbons (Fsp3) is 0.571. The number of likely N-dealkylation sites (N-methyl/N-ethyl adjacent to an activating group) is 1. The topological polar surface area (TPSA) is 126 Å². The van der Waals surface area contributed by atoms with Gasteiger partial charge in [-0.3, -0.25) is 0 Å². The van der Waals surface area contributed by atoms with Crippen LogP contribution in [0.2, 0.25) is 0 Å². The lowest BCUT2D eigenvalue weighted by Gasteiger charge is -2.24. The number of aromatic nitrogens is 3. The molecular formula is C21H32N6O3. The van der Waals surface area contributed by atoms with Crippen molar-refractivity contribution in [1.29, 1.82) is 0 Å². The van der Waals surface area contributed by atoms with Gasteiger partial charge in [0, 0.05) is 13.0 Å². The van der Waals surface area contributed by atoms with Crippen LogP contribution in [-0.4, -0.2) is 39.9 Å². The number of hydrogen-bond donors (Lipinski definition) is 2. The van der Waals surface area contributed by atoms with Crippen LogP contribution in [0.5, 0.6) is 11.8 Å². The number of hydrazine groups is 1. The zero-order valence-electron chi connectivity index (χ0n) is 18.2. The van der Waals surface area contributed by atoms with E-state index in [4.69, 9.17) is 25.6 Å². The Morgan fingerprint density at radius 3 is 2.57 bits per heavy atom. The van der Waals surface area contributed by atoms with E-state index >= 15 is 0 Å². The molecule has 2 heterocycles. The van der Waals surface area contributed by atoms with Gasteiger partial charge in [-0.1, -0.05) is 20.3 Å². The van der Waals surface area contributed by atoms with Crippen molar-refractivity contribution in [2.75, 3.05) is 13.7 Å². The predicted octanol–water partition coefficient (Wildman–Crippen LogP) is 3.12. The highest BCUT2D eigenvalue weighted by Gasteiger charge is 2.18. The summed E-state index contributed by atoms with van der Waals surface area (Å²) in [6, 6.07) is 3.91. The van der Waals surface area contributed by atoms with Gasteiger partial charge in [0.2, 0.25) is 5.89 Å². The highest BCUT2D eigenvalue weighted by atomic mass is 16.6. The van der Waals surface area contributed by atoms with Gasteiger partial charge in [-0.2, -0.15) is 4.98 Å².